The lowest BCUT2D eigenvalue weighted by Crippen LogP contribution is -2.04. The van der Waals surface area contributed by atoms with Gasteiger partial charge in [0, 0.05) is 65.8 Å². The summed E-state index contributed by atoms with van der Waals surface area (Å²) in [5.41, 5.74) is 19.9. The molecule has 2 atom stereocenters. The maximum absolute atomic E-state index is 2.45. The van der Waals surface area contributed by atoms with E-state index < -0.39 is 0 Å². The van der Waals surface area contributed by atoms with Gasteiger partial charge in [-0.1, -0.05) is 210 Å². The molecular weight excluding hydrogens is 969 g/mol. The van der Waals surface area contributed by atoms with Gasteiger partial charge in [0.1, 0.15) is 0 Å². The fraction of sp³-hybridized carbons (Fsp3) is 0.132. The topological polar surface area (TPSA) is 19.7 Å². The molecule has 0 saturated carbocycles. The van der Waals surface area contributed by atoms with E-state index in [1.807, 2.05) is 0 Å². The third kappa shape index (κ3) is 8.46. The Balaban J connectivity index is 0.000000146. The van der Waals surface area contributed by atoms with E-state index in [1.165, 1.54) is 134 Å². The van der Waals surface area contributed by atoms with Gasteiger partial charge in [0.25, 0.3) is 0 Å². The summed E-state index contributed by atoms with van der Waals surface area (Å²) in [6, 6.07) is 93.7. The summed E-state index contributed by atoms with van der Waals surface area (Å²) in [6.45, 7) is 9.25. The Labute approximate surface area is 468 Å². The molecule has 4 nitrogen and oxygen atoms in total. The number of hydrogen-bond acceptors (Lipinski definition) is 0. The molecule has 2 unspecified atom stereocenters. The van der Waals surface area contributed by atoms with Crippen LogP contribution in [0.2, 0.25) is 0 Å². The van der Waals surface area contributed by atoms with Gasteiger partial charge in [-0.05, 0) is 132 Å². The maximum atomic E-state index is 2.45. The molecule has 4 heteroatoms. The highest BCUT2D eigenvalue weighted by molar-refractivity contribution is 6.12. The van der Waals surface area contributed by atoms with Gasteiger partial charge >= 0.3 is 0 Å². The summed E-state index contributed by atoms with van der Waals surface area (Å²) in [7, 11) is 0. The predicted octanol–water partition coefficient (Wildman–Crippen LogP) is 20.6. The highest BCUT2D eigenvalue weighted by Crippen LogP contribution is 2.40. The van der Waals surface area contributed by atoms with Crippen LogP contribution in [0.3, 0.4) is 0 Å². The first kappa shape index (κ1) is 49.0. The van der Waals surface area contributed by atoms with Crippen molar-refractivity contribution in [3.8, 4) is 33.9 Å². The molecule has 0 spiro atoms. The maximum Gasteiger partial charge on any atom is 0.0541 e. The average molecular weight is 1030 g/mol. The van der Waals surface area contributed by atoms with Crippen molar-refractivity contribution in [2.75, 3.05) is 0 Å². The van der Waals surface area contributed by atoms with Crippen molar-refractivity contribution in [3.63, 3.8) is 0 Å². The smallest absolute Gasteiger partial charge is 0.0541 e. The summed E-state index contributed by atoms with van der Waals surface area (Å²) in [5, 5.41) is 10.3. The molecule has 4 aromatic heterocycles. The van der Waals surface area contributed by atoms with E-state index >= 15 is 0 Å². The molecule has 80 heavy (non-hydrogen) atoms. The van der Waals surface area contributed by atoms with Gasteiger partial charge in [0.2, 0.25) is 0 Å². The lowest BCUT2D eigenvalue weighted by atomic mass is 9.96. The number of para-hydroxylation sites is 8. The minimum Gasteiger partial charge on any atom is -0.309 e. The first-order chi connectivity index (χ1) is 39.4. The Kier molecular flexibility index (Phi) is 12.5. The molecule has 0 fully saturated rings. The van der Waals surface area contributed by atoms with E-state index in [0.717, 1.165) is 24.2 Å². The molecular formula is C76H64N4. The molecule has 15 aromatic rings. The fourth-order valence-electron chi connectivity index (χ4n) is 12.8. The van der Waals surface area contributed by atoms with Crippen LogP contribution in [0.25, 0.3) is 121 Å². The predicted molar refractivity (Wildman–Crippen MR) is 342 cm³/mol. The van der Waals surface area contributed by atoms with Crippen LogP contribution in [0.5, 0.6) is 0 Å². The number of benzene rings is 11. The summed E-state index contributed by atoms with van der Waals surface area (Å²) < 4.78 is 9.76. The van der Waals surface area contributed by atoms with Gasteiger partial charge < -0.3 is 18.3 Å². The van der Waals surface area contributed by atoms with Crippen LogP contribution in [0, 0.1) is 11.8 Å². The van der Waals surface area contributed by atoms with E-state index in [0.29, 0.717) is 11.8 Å². The van der Waals surface area contributed by atoms with Gasteiger partial charge in [-0.3, -0.25) is 0 Å². The second-order valence-electron chi connectivity index (χ2n) is 22.2. The van der Waals surface area contributed by atoms with Gasteiger partial charge in [0.05, 0.1) is 44.1 Å². The van der Waals surface area contributed by atoms with E-state index in [9.17, 15) is 0 Å². The normalized spacial score (nSPS) is 12.6. The Hall–Kier alpha value is -9.38. The Morgan fingerprint density at radius 2 is 0.487 bits per heavy atom. The molecule has 388 valence electrons. The van der Waals surface area contributed by atoms with Gasteiger partial charge in [0.15, 0.2) is 0 Å². The van der Waals surface area contributed by atoms with Crippen LogP contribution >= 0.6 is 0 Å². The second-order valence-corrected chi connectivity index (χ2v) is 22.2. The van der Waals surface area contributed by atoms with E-state index in [-0.39, 0.29) is 0 Å². The van der Waals surface area contributed by atoms with Gasteiger partial charge in [-0.15, -0.1) is 0 Å². The summed E-state index contributed by atoms with van der Waals surface area (Å²) in [6.07, 6.45) is 4.55. The van der Waals surface area contributed by atoms with E-state index in [4.69, 9.17) is 0 Å². The molecule has 11 aromatic carbocycles. The SMILES string of the molecule is CCC(C)Cc1cc(-n2c3ccccc3c3ccccc32)cc(-n2c3ccccc3c3ccccc32)c1.CCC(C)Cc1ccc(-c2cc(-n3c4ccccc4c4ccccc43)cc(-n3c4ccccc4c4ccccc43)c2)cc1. The number of hydrogen-bond donors (Lipinski definition) is 0. The summed E-state index contributed by atoms with van der Waals surface area (Å²) in [4.78, 5) is 0. The molecule has 0 saturated heterocycles. The zero-order valence-corrected chi connectivity index (χ0v) is 46.0. The third-order valence-corrected chi connectivity index (χ3v) is 17.1. The van der Waals surface area contributed by atoms with Crippen LogP contribution < -0.4 is 0 Å². The van der Waals surface area contributed by atoms with Gasteiger partial charge in [-0.25, -0.2) is 0 Å². The molecule has 0 N–H and O–H groups in total. The standard InChI is InChI=1S/C41H34N2.C35H30N2/c1-3-28(2)24-29-20-22-30(23-21-29)31-25-32(42-38-16-8-4-12-34(38)35-13-5-9-17-39(35)42)27-33(26-31)43-40-18-10-6-14-36(40)37-15-7-11-19-41(37)43;1-3-24(2)20-25-21-26(36-32-16-8-4-12-28(32)29-13-5-9-17-33(29)36)23-27(22-25)37-34-18-10-6-14-30(34)31-15-7-11-19-35(31)37/h4-23,25-28H,3,24H2,1-2H3;4-19,21-24H,3,20H2,1-2H3. The molecule has 15 rings (SSSR count). The van der Waals surface area contributed by atoms with Crippen molar-refractivity contribution in [2.45, 2.75) is 53.4 Å². The van der Waals surface area contributed by atoms with Crippen molar-refractivity contribution in [2.24, 2.45) is 11.8 Å². The number of nitrogens with zero attached hydrogens (tertiary/aromatic N) is 4. The molecule has 0 aliphatic heterocycles. The van der Waals surface area contributed by atoms with E-state index in [1.54, 1.807) is 0 Å². The van der Waals surface area contributed by atoms with Crippen LogP contribution in [0.4, 0.5) is 0 Å². The molecule has 0 aliphatic rings. The first-order valence-electron chi connectivity index (χ1n) is 28.7. The number of fused-ring (bicyclic) bond motifs is 12. The van der Waals surface area contributed by atoms with Crippen LogP contribution in [-0.2, 0) is 12.8 Å². The zero-order chi connectivity index (χ0) is 53.8. The van der Waals surface area contributed by atoms with Crippen molar-refractivity contribution >= 4 is 87.2 Å². The number of aromatic nitrogens is 4. The molecule has 0 bridgehead atoms. The van der Waals surface area contributed by atoms with E-state index in [2.05, 4.69) is 301 Å². The molecule has 0 amide bonds. The Morgan fingerprint density at radius 3 is 0.750 bits per heavy atom. The minimum atomic E-state index is 0.624. The van der Waals surface area contributed by atoms with Crippen molar-refractivity contribution in [1.29, 1.82) is 0 Å². The van der Waals surface area contributed by atoms with Crippen LogP contribution in [0.15, 0.2) is 255 Å². The lowest BCUT2D eigenvalue weighted by molar-refractivity contribution is 0.560. The second kappa shape index (κ2) is 20.4. The Morgan fingerprint density at radius 1 is 0.250 bits per heavy atom. The fourth-order valence-corrected chi connectivity index (χ4v) is 12.8. The molecule has 0 radical (unpaired) electrons. The zero-order valence-electron chi connectivity index (χ0n) is 46.0. The summed E-state index contributed by atoms with van der Waals surface area (Å²) in [5.74, 6) is 1.31. The van der Waals surface area contributed by atoms with Crippen molar-refractivity contribution in [1.82, 2.24) is 18.3 Å². The lowest BCUT2D eigenvalue weighted by Gasteiger charge is -2.17. The van der Waals surface area contributed by atoms with Crippen LogP contribution in [0.1, 0.15) is 51.7 Å². The Bertz CT molecular complexity index is 4310. The first-order valence-corrected chi connectivity index (χ1v) is 28.7. The van der Waals surface area contributed by atoms with Crippen LogP contribution in [-0.4, -0.2) is 18.3 Å². The van der Waals surface area contributed by atoms with Crippen molar-refractivity contribution in [3.05, 3.63) is 266 Å². The number of rotatable bonds is 11. The molecule has 0 aliphatic carbocycles. The highest BCUT2D eigenvalue weighted by Gasteiger charge is 2.20. The highest BCUT2D eigenvalue weighted by atomic mass is 15.0. The summed E-state index contributed by atoms with van der Waals surface area (Å²) >= 11 is 0. The average Bonchev–Trinajstić information content (AvgIpc) is 4.33. The third-order valence-electron chi connectivity index (χ3n) is 17.1. The van der Waals surface area contributed by atoms with Crippen molar-refractivity contribution < 1.29 is 0 Å². The monoisotopic (exact) mass is 1030 g/mol. The minimum absolute atomic E-state index is 0.624. The quantitative estimate of drug-likeness (QED) is 0.123. The van der Waals surface area contributed by atoms with Gasteiger partial charge in [-0.2, -0.15) is 0 Å². The largest absolute Gasteiger partial charge is 0.309 e. The molecule has 4 heterocycles.